The highest BCUT2D eigenvalue weighted by Gasteiger charge is 2.28. The number of hydrogen-bond acceptors (Lipinski definition) is 5. The number of benzene rings is 4. The number of carbonyl (C=O) groups excluding carboxylic acids is 4. The van der Waals surface area contributed by atoms with Crippen LogP contribution in [-0.2, 0) is 29.1 Å². The van der Waals surface area contributed by atoms with E-state index in [4.69, 9.17) is 39.5 Å². The molecule has 0 heterocycles. The number of esters is 1. The second-order valence-electron chi connectivity index (χ2n) is 11.4. The summed E-state index contributed by atoms with van der Waals surface area (Å²) in [6, 6.07) is 24.8. The van der Waals surface area contributed by atoms with Gasteiger partial charge < -0.3 is 25.6 Å². The van der Waals surface area contributed by atoms with E-state index in [2.05, 4.69) is 16.0 Å². The van der Waals surface area contributed by atoms with E-state index in [0.29, 0.717) is 5.02 Å². The molecular formula is C36H33Cl3N4O5. The zero-order valence-corrected chi connectivity index (χ0v) is 28.2. The van der Waals surface area contributed by atoms with Crippen LogP contribution in [0.4, 0.5) is 4.79 Å². The Hall–Kier alpha value is -4.57. The number of aryl methyl sites for hydroxylation is 1. The highest BCUT2D eigenvalue weighted by molar-refractivity contribution is 6.40. The van der Waals surface area contributed by atoms with Crippen molar-refractivity contribution in [3.63, 3.8) is 0 Å². The van der Waals surface area contributed by atoms with Gasteiger partial charge in [0.05, 0.1) is 28.2 Å². The van der Waals surface area contributed by atoms with Crippen LogP contribution in [0.1, 0.15) is 55.4 Å². The van der Waals surface area contributed by atoms with Gasteiger partial charge in [-0.05, 0) is 59.4 Å². The average molecular weight is 708 g/mol. The molecule has 4 aromatic rings. The minimum atomic E-state index is -1.29. The molecule has 0 fully saturated rings. The van der Waals surface area contributed by atoms with Crippen molar-refractivity contribution in [2.45, 2.75) is 38.1 Å². The highest BCUT2D eigenvalue weighted by Crippen LogP contribution is 2.31. The number of fused-ring (bicyclic) bond motifs is 1. The van der Waals surface area contributed by atoms with Crippen LogP contribution in [0.3, 0.4) is 0 Å². The zero-order chi connectivity index (χ0) is 34.2. The molecule has 9 nitrogen and oxygen atoms in total. The van der Waals surface area contributed by atoms with Gasteiger partial charge in [-0.3, -0.25) is 9.59 Å². The van der Waals surface area contributed by atoms with Gasteiger partial charge in [-0.25, -0.2) is 9.59 Å². The van der Waals surface area contributed by atoms with Crippen LogP contribution in [0.25, 0.3) is 0 Å². The van der Waals surface area contributed by atoms with Gasteiger partial charge in [0, 0.05) is 24.2 Å². The number of urea groups is 1. The number of carbonyl (C=O) groups is 4. The van der Waals surface area contributed by atoms with Crippen LogP contribution in [0, 0.1) is 0 Å². The first-order valence-electron chi connectivity index (χ1n) is 15.2. The maximum atomic E-state index is 13.5. The minimum absolute atomic E-state index is 0.0435. The van der Waals surface area contributed by atoms with Crippen LogP contribution in [0.5, 0.6) is 0 Å². The third-order valence-electron chi connectivity index (χ3n) is 7.89. The summed E-state index contributed by atoms with van der Waals surface area (Å²) in [6.45, 7) is -0.0464. The summed E-state index contributed by atoms with van der Waals surface area (Å²) in [4.78, 5) is 54.3. The molecular weight excluding hydrogens is 675 g/mol. The molecule has 5 rings (SSSR count). The fourth-order valence-corrected chi connectivity index (χ4v) is 6.35. The summed E-state index contributed by atoms with van der Waals surface area (Å²) >= 11 is 19.1. The van der Waals surface area contributed by atoms with Crippen molar-refractivity contribution in [2.24, 2.45) is 0 Å². The molecule has 1 aliphatic carbocycles. The van der Waals surface area contributed by atoms with Gasteiger partial charge in [-0.15, -0.1) is 0 Å². The van der Waals surface area contributed by atoms with Crippen molar-refractivity contribution >= 4 is 58.6 Å². The molecule has 0 bridgehead atoms. The quantitative estimate of drug-likeness (QED) is 0.149. The Balaban J connectivity index is 1.27. The van der Waals surface area contributed by atoms with Gasteiger partial charge in [0.15, 0.2) is 0 Å². The lowest BCUT2D eigenvalue weighted by molar-refractivity contribution is -0.147. The largest absolute Gasteiger partial charge is 0.459 e. The molecule has 0 saturated carbocycles. The second kappa shape index (κ2) is 16.0. The summed E-state index contributed by atoms with van der Waals surface area (Å²) in [7, 11) is 1.62. The van der Waals surface area contributed by atoms with Crippen LogP contribution >= 0.6 is 34.8 Å². The molecule has 0 aliphatic heterocycles. The first-order chi connectivity index (χ1) is 23.1. The highest BCUT2D eigenvalue weighted by atomic mass is 35.5. The van der Waals surface area contributed by atoms with Gasteiger partial charge in [0.25, 0.3) is 11.8 Å². The molecule has 12 heteroatoms. The standard InChI is InChI=1S/C36H33Cl3N4O5/c1-43(20-23-10-7-12-26(37)16-23)34(45)25-17-28(38)32(29(39)18-25)33(44)41-31(35(46)48-21-22-8-3-2-4-9-22)19-40-36(47)42-30-15-14-24-11-5-6-13-27(24)30/h2-13,16-18,30-31H,14-15,19-21H2,1H3,(H,41,44)(H2,40,42,47)/t30-,31+/m1/s1. The SMILES string of the molecule is CN(Cc1cccc(Cl)c1)C(=O)c1cc(Cl)c(C(=O)N[C@@H](CNC(=O)N[C@@H]2CCc3ccccc32)C(=O)OCc2ccccc2)c(Cl)c1. The Morgan fingerprint density at radius 3 is 2.29 bits per heavy atom. The summed E-state index contributed by atoms with van der Waals surface area (Å²) < 4.78 is 5.48. The van der Waals surface area contributed by atoms with Crippen molar-refractivity contribution in [1.82, 2.24) is 20.9 Å². The lowest BCUT2D eigenvalue weighted by Gasteiger charge is -2.21. The summed E-state index contributed by atoms with van der Waals surface area (Å²) in [5.74, 6) is -1.95. The first-order valence-corrected chi connectivity index (χ1v) is 16.3. The summed E-state index contributed by atoms with van der Waals surface area (Å²) in [5.41, 5.74) is 3.81. The molecule has 1 aliphatic rings. The number of rotatable bonds is 11. The second-order valence-corrected chi connectivity index (χ2v) is 12.6. The fourth-order valence-electron chi connectivity index (χ4n) is 5.48. The van der Waals surface area contributed by atoms with Crippen molar-refractivity contribution in [3.05, 3.63) is 139 Å². The average Bonchev–Trinajstić information content (AvgIpc) is 3.47. The molecule has 0 spiro atoms. The molecule has 0 unspecified atom stereocenters. The van der Waals surface area contributed by atoms with E-state index in [9.17, 15) is 19.2 Å². The van der Waals surface area contributed by atoms with Gasteiger partial charge in [-0.2, -0.15) is 0 Å². The molecule has 0 radical (unpaired) electrons. The number of ether oxygens (including phenoxy) is 1. The van der Waals surface area contributed by atoms with Gasteiger partial charge in [-0.1, -0.05) is 102 Å². The van der Waals surface area contributed by atoms with E-state index in [1.54, 1.807) is 37.4 Å². The zero-order valence-electron chi connectivity index (χ0n) is 26.0. The molecule has 0 aromatic heterocycles. The van der Waals surface area contributed by atoms with E-state index >= 15 is 0 Å². The molecule has 48 heavy (non-hydrogen) atoms. The number of hydrogen-bond donors (Lipinski definition) is 3. The Bertz CT molecular complexity index is 1800. The minimum Gasteiger partial charge on any atom is -0.459 e. The third kappa shape index (κ3) is 8.86. The smallest absolute Gasteiger partial charge is 0.330 e. The Kier molecular flexibility index (Phi) is 11.6. The predicted octanol–water partition coefficient (Wildman–Crippen LogP) is 6.75. The van der Waals surface area contributed by atoms with Crippen LogP contribution in [-0.4, -0.2) is 48.3 Å². The normalized spacial score (nSPS) is 14.0. The maximum absolute atomic E-state index is 13.5. The lowest BCUT2D eigenvalue weighted by Crippen LogP contribution is -2.51. The molecule has 4 amide bonds. The molecule has 3 N–H and O–H groups in total. The fraction of sp³-hybridized carbons (Fsp3) is 0.222. The Morgan fingerprint density at radius 1 is 0.875 bits per heavy atom. The van der Waals surface area contributed by atoms with Gasteiger partial charge in [0.1, 0.15) is 12.6 Å². The molecule has 0 saturated heterocycles. The number of amides is 4. The van der Waals surface area contributed by atoms with Gasteiger partial charge >= 0.3 is 12.0 Å². The Morgan fingerprint density at radius 2 is 1.56 bits per heavy atom. The summed E-state index contributed by atoms with van der Waals surface area (Å²) in [5, 5.41) is 8.56. The van der Waals surface area contributed by atoms with E-state index in [0.717, 1.165) is 29.5 Å². The molecule has 4 aromatic carbocycles. The van der Waals surface area contributed by atoms with Crippen LogP contribution in [0.2, 0.25) is 15.1 Å². The van der Waals surface area contributed by atoms with E-state index in [1.165, 1.54) is 22.6 Å². The van der Waals surface area contributed by atoms with E-state index < -0.39 is 23.9 Å². The summed E-state index contributed by atoms with van der Waals surface area (Å²) in [6.07, 6.45) is 1.59. The molecule has 2 atom stereocenters. The first kappa shape index (κ1) is 34.8. The molecule has 248 valence electrons. The van der Waals surface area contributed by atoms with Crippen LogP contribution < -0.4 is 16.0 Å². The van der Waals surface area contributed by atoms with Crippen molar-refractivity contribution in [3.8, 4) is 0 Å². The van der Waals surface area contributed by atoms with Crippen molar-refractivity contribution in [2.75, 3.05) is 13.6 Å². The van der Waals surface area contributed by atoms with Crippen LogP contribution in [0.15, 0.2) is 91.0 Å². The van der Waals surface area contributed by atoms with E-state index in [-0.39, 0.29) is 52.8 Å². The lowest BCUT2D eigenvalue weighted by atomic mass is 10.1. The van der Waals surface area contributed by atoms with Crippen molar-refractivity contribution in [1.29, 1.82) is 0 Å². The maximum Gasteiger partial charge on any atom is 0.330 e. The third-order valence-corrected chi connectivity index (χ3v) is 8.72. The number of nitrogens with one attached hydrogen (secondary N) is 3. The predicted molar refractivity (Wildman–Crippen MR) is 185 cm³/mol. The number of nitrogens with zero attached hydrogens (tertiary/aromatic N) is 1. The monoisotopic (exact) mass is 706 g/mol. The topological polar surface area (TPSA) is 117 Å². The Labute approximate surface area is 293 Å². The van der Waals surface area contributed by atoms with Crippen molar-refractivity contribution < 1.29 is 23.9 Å². The van der Waals surface area contributed by atoms with Gasteiger partial charge in [0.2, 0.25) is 0 Å². The van der Waals surface area contributed by atoms with E-state index in [1.807, 2.05) is 48.5 Å². The number of halogens is 3.